The highest BCUT2D eigenvalue weighted by Crippen LogP contribution is 2.35. The molecular weight excluding hydrogens is 463 g/mol. The molecule has 1 saturated heterocycles. The van der Waals surface area contributed by atoms with Crippen LogP contribution in [0.25, 0.3) is 10.9 Å². The Labute approximate surface area is 217 Å². The third-order valence-corrected chi connectivity index (χ3v) is 7.67. The van der Waals surface area contributed by atoms with E-state index in [1.165, 1.54) is 67.0 Å². The molecule has 186 valence electrons. The number of hydrogen-bond acceptors (Lipinski definition) is 3. The minimum Gasteiger partial charge on any atom is -0.347 e. The first-order valence-corrected chi connectivity index (χ1v) is 12.8. The fraction of sp³-hybridized carbons (Fsp3) is 0.536. The van der Waals surface area contributed by atoms with Gasteiger partial charge >= 0.3 is 0 Å². The molecule has 34 heavy (non-hydrogen) atoms. The summed E-state index contributed by atoms with van der Waals surface area (Å²) in [6.07, 6.45) is 17.0. The Balaban J connectivity index is 0.00000162. The van der Waals surface area contributed by atoms with Gasteiger partial charge in [0.05, 0.1) is 0 Å². The largest absolute Gasteiger partial charge is 0.347 e. The average molecular weight is 504 g/mol. The molecule has 2 N–H and O–H groups in total. The second kappa shape index (κ2) is 13.5. The maximum atomic E-state index is 4.47. The smallest absolute Gasteiger partial charge is 0.0483 e. The molecule has 0 bridgehead atoms. The van der Waals surface area contributed by atoms with Gasteiger partial charge in [0.15, 0.2) is 0 Å². The van der Waals surface area contributed by atoms with Crippen LogP contribution in [0.3, 0.4) is 0 Å². The highest BCUT2D eigenvalue weighted by atomic mass is 35.5. The van der Waals surface area contributed by atoms with E-state index in [0.717, 1.165) is 38.5 Å². The molecule has 0 spiro atoms. The summed E-state index contributed by atoms with van der Waals surface area (Å²) in [6.45, 7) is 4.48. The van der Waals surface area contributed by atoms with Crippen LogP contribution in [0.1, 0.15) is 68.4 Å². The number of piperidine rings is 1. The van der Waals surface area contributed by atoms with E-state index >= 15 is 0 Å². The van der Waals surface area contributed by atoms with Crippen molar-refractivity contribution in [2.75, 3.05) is 19.6 Å². The molecule has 1 aromatic carbocycles. The number of benzene rings is 1. The summed E-state index contributed by atoms with van der Waals surface area (Å²) >= 11 is 0. The van der Waals surface area contributed by atoms with Crippen molar-refractivity contribution < 1.29 is 0 Å². The van der Waals surface area contributed by atoms with Gasteiger partial charge in [-0.05, 0) is 80.9 Å². The molecule has 1 unspecified atom stereocenters. The Morgan fingerprint density at radius 3 is 2.53 bits per heavy atom. The molecule has 1 saturated carbocycles. The molecule has 0 amide bonds. The summed E-state index contributed by atoms with van der Waals surface area (Å²) < 4.78 is 2.56. The molecular formula is C28H40Cl2N4. The number of aromatic nitrogens is 2. The van der Waals surface area contributed by atoms with E-state index in [1.54, 1.807) is 0 Å². The quantitative estimate of drug-likeness (QED) is 0.378. The first kappa shape index (κ1) is 27.0. The van der Waals surface area contributed by atoms with Crippen LogP contribution in [-0.4, -0.2) is 35.2 Å². The van der Waals surface area contributed by atoms with Crippen LogP contribution in [0.4, 0.5) is 0 Å². The molecule has 2 aromatic heterocycles. The topological polar surface area (TPSA) is 41.9 Å². The second-order valence-electron chi connectivity index (χ2n) is 9.86. The lowest BCUT2D eigenvalue weighted by Crippen LogP contribution is -2.40. The maximum Gasteiger partial charge on any atom is 0.0483 e. The van der Waals surface area contributed by atoms with Crippen LogP contribution in [0.2, 0.25) is 0 Å². The van der Waals surface area contributed by atoms with Crippen LogP contribution in [0.15, 0.2) is 55.0 Å². The molecule has 0 radical (unpaired) electrons. The van der Waals surface area contributed by atoms with E-state index in [-0.39, 0.29) is 24.8 Å². The molecule has 3 aromatic rings. The first-order chi connectivity index (χ1) is 15.9. The SMILES string of the molecule is Cl.Cl.c1cncc(C(CCNC2CCNCC2)c2cn(CC3CCCCC3)c3ccccc23)c1. The highest BCUT2D eigenvalue weighted by Gasteiger charge is 2.22. The van der Waals surface area contributed by atoms with E-state index in [4.69, 9.17) is 0 Å². The average Bonchev–Trinajstić information content (AvgIpc) is 3.22. The van der Waals surface area contributed by atoms with Gasteiger partial charge in [0.1, 0.15) is 0 Å². The zero-order valence-corrected chi connectivity index (χ0v) is 21.8. The van der Waals surface area contributed by atoms with Gasteiger partial charge in [-0.15, -0.1) is 24.8 Å². The summed E-state index contributed by atoms with van der Waals surface area (Å²) in [4.78, 5) is 4.47. The van der Waals surface area contributed by atoms with Crippen molar-refractivity contribution in [3.63, 3.8) is 0 Å². The summed E-state index contributed by atoms with van der Waals surface area (Å²) in [7, 11) is 0. The number of pyridine rings is 1. The fourth-order valence-electron chi connectivity index (χ4n) is 5.89. The van der Waals surface area contributed by atoms with E-state index in [1.807, 2.05) is 6.20 Å². The minimum absolute atomic E-state index is 0. The van der Waals surface area contributed by atoms with Gasteiger partial charge in [0.25, 0.3) is 0 Å². The van der Waals surface area contributed by atoms with Gasteiger partial charge in [-0.25, -0.2) is 0 Å². The number of halogens is 2. The summed E-state index contributed by atoms with van der Waals surface area (Å²) in [5, 5.41) is 8.73. The van der Waals surface area contributed by atoms with E-state index in [2.05, 4.69) is 69.0 Å². The Bertz CT molecular complexity index is 978. The Morgan fingerprint density at radius 2 is 1.76 bits per heavy atom. The highest BCUT2D eigenvalue weighted by molar-refractivity contribution is 5.86. The molecule has 1 aliphatic carbocycles. The fourth-order valence-corrected chi connectivity index (χ4v) is 5.89. The van der Waals surface area contributed by atoms with Gasteiger partial charge in [-0.1, -0.05) is 43.5 Å². The van der Waals surface area contributed by atoms with Gasteiger partial charge in [-0.2, -0.15) is 0 Å². The van der Waals surface area contributed by atoms with Crippen molar-refractivity contribution in [1.82, 2.24) is 20.2 Å². The predicted molar refractivity (Wildman–Crippen MR) is 148 cm³/mol. The van der Waals surface area contributed by atoms with Crippen LogP contribution in [0, 0.1) is 5.92 Å². The lowest BCUT2D eigenvalue weighted by atomic mass is 9.89. The molecule has 3 heterocycles. The van der Waals surface area contributed by atoms with Crippen molar-refractivity contribution in [2.45, 2.75) is 69.9 Å². The standard InChI is InChI=1S/C28H38N4.2ClH/c1-2-7-22(8-3-1)20-32-21-27(26-10-4-5-11-28(26)32)25(23-9-6-15-30-19-23)14-18-31-24-12-16-29-17-13-24;;/h4-6,9-11,15,19,21-22,24-25,29,31H,1-3,7-8,12-14,16-18,20H2;2*1H. The van der Waals surface area contributed by atoms with Crippen molar-refractivity contribution >= 4 is 35.7 Å². The van der Waals surface area contributed by atoms with E-state index in [0.29, 0.717) is 12.0 Å². The van der Waals surface area contributed by atoms with Crippen LogP contribution in [0.5, 0.6) is 0 Å². The van der Waals surface area contributed by atoms with Crippen molar-refractivity contribution in [1.29, 1.82) is 0 Å². The molecule has 2 fully saturated rings. The van der Waals surface area contributed by atoms with Crippen molar-refractivity contribution in [3.8, 4) is 0 Å². The number of rotatable bonds is 8. The maximum absolute atomic E-state index is 4.47. The third kappa shape index (κ3) is 6.54. The first-order valence-electron chi connectivity index (χ1n) is 12.8. The Hall–Kier alpha value is -1.59. The van der Waals surface area contributed by atoms with Gasteiger partial charge in [0.2, 0.25) is 0 Å². The van der Waals surface area contributed by atoms with Crippen LogP contribution >= 0.6 is 24.8 Å². The zero-order chi connectivity index (χ0) is 21.6. The van der Waals surface area contributed by atoms with Crippen LogP contribution in [-0.2, 0) is 6.54 Å². The molecule has 5 rings (SSSR count). The minimum atomic E-state index is 0. The summed E-state index contributed by atoms with van der Waals surface area (Å²) in [5.41, 5.74) is 4.20. The van der Waals surface area contributed by atoms with Gasteiger partial charge in [-0.3, -0.25) is 4.98 Å². The number of nitrogens with one attached hydrogen (secondary N) is 2. The van der Waals surface area contributed by atoms with E-state index < -0.39 is 0 Å². The van der Waals surface area contributed by atoms with Crippen LogP contribution < -0.4 is 10.6 Å². The Morgan fingerprint density at radius 1 is 0.971 bits per heavy atom. The van der Waals surface area contributed by atoms with Gasteiger partial charge < -0.3 is 15.2 Å². The van der Waals surface area contributed by atoms with Crippen molar-refractivity contribution in [2.24, 2.45) is 5.92 Å². The lowest BCUT2D eigenvalue weighted by Gasteiger charge is -2.25. The number of hydrogen-bond donors (Lipinski definition) is 2. The summed E-state index contributed by atoms with van der Waals surface area (Å²) in [5.74, 6) is 1.20. The van der Waals surface area contributed by atoms with E-state index in [9.17, 15) is 0 Å². The number of para-hydroxylation sites is 1. The number of nitrogens with zero attached hydrogens (tertiary/aromatic N) is 2. The normalized spacial score (nSPS) is 18.2. The summed E-state index contributed by atoms with van der Waals surface area (Å²) in [6, 6.07) is 14.0. The molecule has 1 aliphatic heterocycles. The molecule has 6 heteroatoms. The second-order valence-corrected chi connectivity index (χ2v) is 9.86. The monoisotopic (exact) mass is 502 g/mol. The molecule has 2 aliphatic rings. The molecule has 1 atom stereocenters. The zero-order valence-electron chi connectivity index (χ0n) is 20.1. The predicted octanol–water partition coefficient (Wildman–Crippen LogP) is 6.32. The number of fused-ring (bicyclic) bond motifs is 1. The van der Waals surface area contributed by atoms with Crippen molar-refractivity contribution in [3.05, 3.63) is 66.1 Å². The molecule has 4 nitrogen and oxygen atoms in total. The third-order valence-electron chi connectivity index (χ3n) is 7.67. The lowest BCUT2D eigenvalue weighted by molar-refractivity contribution is 0.322. The Kier molecular flexibility index (Phi) is 10.7. The van der Waals surface area contributed by atoms with Gasteiger partial charge in [0, 0.05) is 48.0 Å².